The lowest BCUT2D eigenvalue weighted by Gasteiger charge is -2.10. The van der Waals surface area contributed by atoms with Crippen molar-refractivity contribution in [3.63, 3.8) is 0 Å². The summed E-state index contributed by atoms with van der Waals surface area (Å²) < 4.78 is 0.640. The summed E-state index contributed by atoms with van der Waals surface area (Å²) in [6.07, 6.45) is 0.872. The molecule has 94 valence electrons. The summed E-state index contributed by atoms with van der Waals surface area (Å²) in [6, 6.07) is 12.1. The average molecular weight is 259 g/mol. The van der Waals surface area contributed by atoms with E-state index in [0.29, 0.717) is 4.64 Å². The topological polar surface area (TPSA) is 31.9 Å². The number of likely N-dealkylation sites (N-methyl/N-ethyl adjacent to an activating group) is 1. The number of benzene rings is 1. The summed E-state index contributed by atoms with van der Waals surface area (Å²) in [5, 5.41) is 0. The monoisotopic (exact) mass is 259 g/mol. The molecule has 1 heterocycles. The summed E-state index contributed by atoms with van der Waals surface area (Å²) in [5.74, 6) is 0.940. The number of hydrogen-bond acceptors (Lipinski definition) is 3. The molecule has 0 saturated heterocycles. The molecule has 0 fully saturated rings. The highest BCUT2D eigenvalue weighted by atomic mass is 32.1. The molecule has 0 aliphatic carbocycles. The molecule has 0 bridgehead atoms. The number of hydrogen-bond donors (Lipinski definition) is 1. The van der Waals surface area contributed by atoms with E-state index in [4.69, 9.17) is 12.2 Å². The first-order valence-corrected chi connectivity index (χ1v) is 6.36. The van der Waals surface area contributed by atoms with E-state index < -0.39 is 0 Å². The van der Waals surface area contributed by atoms with Crippen LogP contribution in [0.1, 0.15) is 5.82 Å². The van der Waals surface area contributed by atoms with Gasteiger partial charge in [0.15, 0.2) is 0 Å². The normalized spacial score (nSPS) is 10.8. The molecule has 18 heavy (non-hydrogen) atoms. The molecule has 0 amide bonds. The second-order valence-corrected chi connectivity index (χ2v) is 4.92. The van der Waals surface area contributed by atoms with Crippen molar-refractivity contribution in [1.82, 2.24) is 14.9 Å². The Labute approximate surface area is 113 Å². The van der Waals surface area contributed by atoms with Crippen molar-refractivity contribution < 1.29 is 0 Å². The second kappa shape index (κ2) is 5.89. The first-order chi connectivity index (χ1) is 8.65. The van der Waals surface area contributed by atoms with Crippen LogP contribution >= 0.6 is 12.2 Å². The third-order valence-electron chi connectivity index (χ3n) is 2.67. The van der Waals surface area contributed by atoms with Gasteiger partial charge < -0.3 is 9.88 Å². The van der Waals surface area contributed by atoms with Crippen LogP contribution in [-0.4, -0.2) is 35.5 Å². The van der Waals surface area contributed by atoms with Crippen LogP contribution in [-0.2, 0) is 6.42 Å². The second-order valence-electron chi connectivity index (χ2n) is 4.50. The van der Waals surface area contributed by atoms with Gasteiger partial charge in [-0.3, -0.25) is 0 Å². The predicted molar refractivity (Wildman–Crippen MR) is 77.1 cm³/mol. The summed E-state index contributed by atoms with van der Waals surface area (Å²) in [7, 11) is 4.10. The molecule has 0 aliphatic heterocycles. The molecule has 3 nitrogen and oxygen atoms in total. The lowest BCUT2D eigenvalue weighted by molar-refractivity contribution is 0.409. The van der Waals surface area contributed by atoms with Crippen LogP contribution in [0, 0.1) is 4.64 Å². The maximum Gasteiger partial charge on any atom is 0.130 e. The number of nitrogens with zero attached hydrogens (tertiary/aromatic N) is 2. The predicted octanol–water partition coefficient (Wildman–Crippen LogP) is 2.91. The standard InChI is InChI=1S/C14H17N3S/c1-17(2)9-8-13-15-12(10-14(18)16-13)11-6-4-3-5-7-11/h3-7,10H,8-9H2,1-2H3,(H,15,16,18). The van der Waals surface area contributed by atoms with Gasteiger partial charge in [-0.25, -0.2) is 4.98 Å². The zero-order valence-corrected chi connectivity index (χ0v) is 11.5. The van der Waals surface area contributed by atoms with Crippen LogP contribution in [0.5, 0.6) is 0 Å². The Hall–Kier alpha value is -1.52. The molecule has 0 unspecified atom stereocenters. The Morgan fingerprint density at radius 3 is 2.61 bits per heavy atom. The van der Waals surface area contributed by atoms with Gasteiger partial charge in [-0.15, -0.1) is 0 Å². The fourth-order valence-corrected chi connectivity index (χ4v) is 1.96. The van der Waals surface area contributed by atoms with Gasteiger partial charge in [-0.05, 0) is 25.7 Å². The van der Waals surface area contributed by atoms with Crippen molar-refractivity contribution in [2.75, 3.05) is 20.6 Å². The van der Waals surface area contributed by atoms with Crippen LogP contribution in [0.2, 0.25) is 0 Å². The van der Waals surface area contributed by atoms with Gasteiger partial charge in [-0.2, -0.15) is 0 Å². The first kappa shape index (κ1) is 12.9. The molecule has 0 spiro atoms. The fraction of sp³-hybridized carbons (Fsp3) is 0.286. The minimum Gasteiger partial charge on any atom is -0.343 e. The summed E-state index contributed by atoms with van der Waals surface area (Å²) in [4.78, 5) is 9.85. The van der Waals surface area contributed by atoms with E-state index >= 15 is 0 Å². The lowest BCUT2D eigenvalue weighted by Crippen LogP contribution is -2.16. The Bertz CT molecular complexity index is 561. The van der Waals surface area contributed by atoms with Crippen molar-refractivity contribution in [1.29, 1.82) is 0 Å². The van der Waals surface area contributed by atoms with E-state index in [-0.39, 0.29) is 0 Å². The summed E-state index contributed by atoms with van der Waals surface area (Å²) >= 11 is 5.22. The van der Waals surface area contributed by atoms with Crippen molar-refractivity contribution in [2.45, 2.75) is 6.42 Å². The van der Waals surface area contributed by atoms with Crippen molar-refractivity contribution in [3.05, 3.63) is 46.9 Å². The molecule has 0 aliphatic rings. The van der Waals surface area contributed by atoms with Gasteiger partial charge in [-0.1, -0.05) is 42.5 Å². The van der Waals surface area contributed by atoms with Crippen LogP contribution < -0.4 is 0 Å². The van der Waals surface area contributed by atoms with E-state index in [2.05, 4.69) is 41.1 Å². The van der Waals surface area contributed by atoms with Gasteiger partial charge in [0.2, 0.25) is 0 Å². The number of H-pyrrole nitrogens is 1. The first-order valence-electron chi connectivity index (χ1n) is 5.95. The Balaban J connectivity index is 2.30. The lowest BCUT2D eigenvalue weighted by atomic mass is 10.1. The third kappa shape index (κ3) is 3.48. The van der Waals surface area contributed by atoms with Crippen LogP contribution in [0.25, 0.3) is 11.3 Å². The third-order valence-corrected chi connectivity index (χ3v) is 2.88. The molecular weight excluding hydrogens is 242 g/mol. The maximum atomic E-state index is 5.22. The molecule has 1 N–H and O–H groups in total. The Morgan fingerprint density at radius 1 is 1.22 bits per heavy atom. The highest BCUT2D eigenvalue weighted by Crippen LogP contribution is 2.16. The molecule has 0 atom stereocenters. The smallest absolute Gasteiger partial charge is 0.130 e. The van der Waals surface area contributed by atoms with Gasteiger partial charge in [0.1, 0.15) is 10.5 Å². The van der Waals surface area contributed by atoms with Gasteiger partial charge in [0, 0.05) is 18.7 Å². The molecule has 1 aromatic carbocycles. The number of rotatable bonds is 4. The number of nitrogens with one attached hydrogen (secondary N) is 1. The highest BCUT2D eigenvalue weighted by molar-refractivity contribution is 7.71. The van der Waals surface area contributed by atoms with E-state index in [1.165, 1.54) is 0 Å². The SMILES string of the molecule is CN(C)CCc1nc(=S)cc(-c2ccccc2)[nH]1. The molecule has 2 rings (SSSR count). The largest absolute Gasteiger partial charge is 0.343 e. The van der Waals surface area contributed by atoms with Crippen molar-refractivity contribution >= 4 is 12.2 Å². The Kier molecular flexibility index (Phi) is 4.23. The molecule has 2 aromatic rings. The molecule has 0 radical (unpaired) electrons. The quantitative estimate of drug-likeness (QED) is 0.857. The zero-order chi connectivity index (χ0) is 13.0. The highest BCUT2D eigenvalue weighted by Gasteiger charge is 2.02. The molecular formula is C14H17N3S. The van der Waals surface area contributed by atoms with E-state index in [0.717, 1.165) is 30.0 Å². The maximum absolute atomic E-state index is 5.22. The minimum absolute atomic E-state index is 0.640. The Morgan fingerprint density at radius 2 is 1.94 bits per heavy atom. The summed E-state index contributed by atoms with van der Waals surface area (Å²) in [5.41, 5.74) is 2.17. The zero-order valence-electron chi connectivity index (χ0n) is 10.7. The van der Waals surface area contributed by atoms with E-state index in [1.54, 1.807) is 0 Å². The molecule has 4 heteroatoms. The van der Waals surface area contributed by atoms with Crippen molar-refractivity contribution in [2.24, 2.45) is 0 Å². The summed E-state index contributed by atoms with van der Waals surface area (Å²) in [6.45, 7) is 0.955. The van der Waals surface area contributed by atoms with Crippen molar-refractivity contribution in [3.8, 4) is 11.3 Å². The number of aromatic nitrogens is 2. The van der Waals surface area contributed by atoms with Gasteiger partial charge in [0.05, 0.1) is 0 Å². The van der Waals surface area contributed by atoms with E-state index in [9.17, 15) is 0 Å². The number of aromatic amines is 1. The fourth-order valence-electron chi connectivity index (χ4n) is 1.73. The van der Waals surface area contributed by atoms with Gasteiger partial charge in [0.25, 0.3) is 0 Å². The molecule has 1 aromatic heterocycles. The van der Waals surface area contributed by atoms with Crippen LogP contribution in [0.4, 0.5) is 0 Å². The van der Waals surface area contributed by atoms with Gasteiger partial charge >= 0.3 is 0 Å². The average Bonchev–Trinajstić information content (AvgIpc) is 2.37. The molecule has 0 saturated carbocycles. The minimum atomic E-state index is 0.640. The van der Waals surface area contributed by atoms with Crippen LogP contribution in [0.3, 0.4) is 0 Å². The van der Waals surface area contributed by atoms with Crippen LogP contribution in [0.15, 0.2) is 36.4 Å². The van der Waals surface area contributed by atoms with E-state index in [1.807, 2.05) is 24.3 Å².